The first-order valence-corrected chi connectivity index (χ1v) is 38.4. The van der Waals surface area contributed by atoms with Gasteiger partial charge in [0, 0.05) is 0 Å². The van der Waals surface area contributed by atoms with Gasteiger partial charge in [-0.1, -0.05) is 393 Å². The Morgan fingerprint density at radius 1 is 0.360 bits per heavy atom. The molecule has 1 aliphatic rings. The number of aliphatic hydroxyl groups is 7. The molecule has 0 aromatic heterocycles. The molecular formula is C75H149NO10. The average Bonchev–Trinajstić information content (AvgIpc) is 3.30. The molecule has 0 aromatic rings. The molecule has 1 amide bonds. The fraction of sp³-hybridized carbons (Fsp3) is 0.987. The Morgan fingerprint density at radius 2 is 0.605 bits per heavy atom. The van der Waals surface area contributed by atoms with Crippen molar-refractivity contribution in [1.82, 2.24) is 5.32 Å². The summed E-state index contributed by atoms with van der Waals surface area (Å²) in [7, 11) is 0. The van der Waals surface area contributed by atoms with E-state index in [1.54, 1.807) is 0 Å². The van der Waals surface area contributed by atoms with Crippen molar-refractivity contribution in [2.75, 3.05) is 13.2 Å². The van der Waals surface area contributed by atoms with Gasteiger partial charge in [-0.2, -0.15) is 0 Å². The molecule has 0 aromatic carbocycles. The van der Waals surface area contributed by atoms with Crippen molar-refractivity contribution >= 4 is 5.91 Å². The Hall–Kier alpha value is -0.890. The predicted octanol–water partition coefficient (Wildman–Crippen LogP) is 19.2. The number of aliphatic hydroxyl groups excluding tert-OH is 7. The number of carbonyl (C=O) groups is 1. The first-order valence-electron chi connectivity index (χ1n) is 38.4. The maximum Gasteiger partial charge on any atom is 0.249 e. The topological polar surface area (TPSA) is 189 Å². The van der Waals surface area contributed by atoms with Crippen LogP contribution in [0, 0.1) is 0 Å². The molecular weight excluding hydrogens is 1070 g/mol. The normalized spacial score (nSPS) is 18.6. The van der Waals surface area contributed by atoms with E-state index >= 15 is 0 Å². The zero-order chi connectivity index (χ0) is 62.4. The van der Waals surface area contributed by atoms with Gasteiger partial charge in [0.2, 0.25) is 5.91 Å². The molecule has 1 rings (SSSR count). The summed E-state index contributed by atoms with van der Waals surface area (Å²) in [6, 6.07) is -1.17. The van der Waals surface area contributed by atoms with Crippen LogP contribution in [-0.2, 0) is 14.3 Å². The van der Waals surface area contributed by atoms with Gasteiger partial charge in [0.15, 0.2) is 6.29 Å². The molecule has 0 bridgehead atoms. The van der Waals surface area contributed by atoms with Crippen LogP contribution < -0.4 is 5.32 Å². The lowest BCUT2D eigenvalue weighted by atomic mass is 9.98. The summed E-state index contributed by atoms with van der Waals surface area (Å²) >= 11 is 0. The summed E-state index contributed by atoms with van der Waals surface area (Å²) in [6.45, 7) is 3.54. The lowest BCUT2D eigenvalue weighted by Crippen LogP contribution is -2.60. The van der Waals surface area contributed by atoms with Crippen molar-refractivity contribution in [2.45, 2.75) is 461 Å². The molecule has 0 aliphatic carbocycles. The highest BCUT2D eigenvalue weighted by molar-refractivity contribution is 5.80. The first kappa shape index (κ1) is 83.1. The molecule has 11 nitrogen and oxygen atoms in total. The second kappa shape index (κ2) is 64.2. The number of ether oxygens (including phenoxy) is 2. The lowest BCUT2D eigenvalue weighted by Gasteiger charge is -2.40. The average molecular weight is 1230 g/mol. The van der Waals surface area contributed by atoms with Crippen LogP contribution in [0.2, 0.25) is 0 Å². The van der Waals surface area contributed by atoms with E-state index in [4.69, 9.17) is 9.47 Å². The van der Waals surface area contributed by atoms with Crippen LogP contribution in [0.5, 0.6) is 0 Å². The van der Waals surface area contributed by atoms with Gasteiger partial charge in [-0.25, -0.2) is 0 Å². The Kier molecular flexibility index (Phi) is 62.1. The molecule has 8 N–H and O–H groups in total. The van der Waals surface area contributed by atoms with Crippen molar-refractivity contribution in [3.05, 3.63) is 0 Å². The highest BCUT2D eigenvalue weighted by Gasteiger charge is 2.44. The zero-order valence-corrected chi connectivity index (χ0v) is 57.1. The maximum atomic E-state index is 13.3. The minimum Gasteiger partial charge on any atom is -0.394 e. The van der Waals surface area contributed by atoms with Crippen LogP contribution in [0.3, 0.4) is 0 Å². The monoisotopic (exact) mass is 1220 g/mol. The van der Waals surface area contributed by atoms with Gasteiger partial charge in [0.05, 0.1) is 25.4 Å². The third-order valence-electron chi connectivity index (χ3n) is 19.2. The number of unbranched alkanes of at least 4 members (excludes halogenated alkanes) is 57. The van der Waals surface area contributed by atoms with Crippen LogP contribution in [-0.4, -0.2) is 110 Å². The summed E-state index contributed by atoms with van der Waals surface area (Å²) in [5.74, 6) is -0.685. The number of amides is 1. The number of nitrogens with one attached hydrogen (secondary N) is 1. The minimum atomic E-state index is -1.66. The predicted molar refractivity (Wildman–Crippen MR) is 363 cm³/mol. The summed E-state index contributed by atoms with van der Waals surface area (Å²) in [4.78, 5) is 13.3. The molecule has 0 spiro atoms. The lowest BCUT2D eigenvalue weighted by molar-refractivity contribution is -0.303. The molecule has 0 saturated carbocycles. The molecule has 9 atom stereocenters. The van der Waals surface area contributed by atoms with Crippen molar-refractivity contribution in [3.8, 4) is 0 Å². The van der Waals surface area contributed by atoms with Crippen LogP contribution in [0.1, 0.15) is 406 Å². The molecule has 86 heavy (non-hydrogen) atoms. The Balaban J connectivity index is 2.14. The van der Waals surface area contributed by atoms with Crippen molar-refractivity contribution in [1.29, 1.82) is 0 Å². The standard InChI is InChI=1S/C75H149NO10/c1-3-5-7-9-11-13-15-17-19-21-23-25-27-29-31-33-35-36-38-40-42-44-46-48-50-52-54-56-58-60-62-67(78)70(80)66(65-85-75-73(83)72(82)71(81)69(64-77)86-75)76-74(84)68(79)63-61-59-57-55-53-51-49-47-45-43-41-39-37-34-32-30-28-26-24-22-20-18-16-14-12-10-8-6-4-2/h66-73,75,77-83H,3-65H2,1-2H3,(H,76,84). The highest BCUT2D eigenvalue weighted by Crippen LogP contribution is 2.25. The van der Waals surface area contributed by atoms with E-state index in [9.17, 15) is 40.5 Å². The fourth-order valence-corrected chi connectivity index (χ4v) is 13.0. The zero-order valence-electron chi connectivity index (χ0n) is 57.1. The molecule has 11 heteroatoms. The van der Waals surface area contributed by atoms with Crippen LogP contribution >= 0.6 is 0 Å². The van der Waals surface area contributed by atoms with E-state index in [0.29, 0.717) is 19.3 Å². The molecule has 1 saturated heterocycles. The van der Waals surface area contributed by atoms with Gasteiger partial charge in [-0.15, -0.1) is 0 Å². The van der Waals surface area contributed by atoms with Crippen molar-refractivity contribution < 1.29 is 50.0 Å². The third kappa shape index (κ3) is 50.7. The number of hydrogen-bond donors (Lipinski definition) is 8. The Morgan fingerprint density at radius 3 is 0.860 bits per heavy atom. The molecule has 1 heterocycles. The number of hydrogen-bond acceptors (Lipinski definition) is 10. The quantitative estimate of drug-likeness (QED) is 0.0272. The Labute approximate surface area is 532 Å². The minimum absolute atomic E-state index is 0.268. The molecule has 1 aliphatic heterocycles. The van der Waals surface area contributed by atoms with Gasteiger partial charge in [-0.3, -0.25) is 4.79 Å². The molecule has 1 fully saturated rings. The molecule has 0 radical (unpaired) electrons. The van der Waals surface area contributed by atoms with Gasteiger partial charge >= 0.3 is 0 Å². The third-order valence-corrected chi connectivity index (χ3v) is 19.2. The highest BCUT2D eigenvalue weighted by atomic mass is 16.7. The summed E-state index contributed by atoms with van der Waals surface area (Å²) in [5.41, 5.74) is 0. The molecule has 9 unspecified atom stereocenters. The van der Waals surface area contributed by atoms with Gasteiger partial charge in [0.25, 0.3) is 0 Å². The smallest absolute Gasteiger partial charge is 0.249 e. The van der Waals surface area contributed by atoms with E-state index in [1.165, 1.54) is 327 Å². The van der Waals surface area contributed by atoms with E-state index in [0.717, 1.165) is 38.5 Å². The van der Waals surface area contributed by atoms with E-state index in [1.807, 2.05) is 0 Å². The molecule has 514 valence electrons. The Bertz CT molecular complexity index is 1360. The first-order chi connectivity index (χ1) is 42.2. The van der Waals surface area contributed by atoms with Crippen LogP contribution in [0.15, 0.2) is 0 Å². The van der Waals surface area contributed by atoms with Crippen LogP contribution in [0.25, 0.3) is 0 Å². The maximum absolute atomic E-state index is 13.3. The van der Waals surface area contributed by atoms with Gasteiger partial charge < -0.3 is 50.5 Å². The van der Waals surface area contributed by atoms with Crippen molar-refractivity contribution in [3.63, 3.8) is 0 Å². The van der Waals surface area contributed by atoms with Crippen LogP contribution in [0.4, 0.5) is 0 Å². The van der Waals surface area contributed by atoms with Gasteiger partial charge in [0.1, 0.15) is 36.6 Å². The van der Waals surface area contributed by atoms with E-state index in [-0.39, 0.29) is 6.42 Å². The summed E-state index contributed by atoms with van der Waals surface area (Å²) < 4.78 is 11.2. The van der Waals surface area contributed by atoms with E-state index in [2.05, 4.69) is 19.2 Å². The largest absolute Gasteiger partial charge is 0.394 e. The second-order valence-corrected chi connectivity index (χ2v) is 27.4. The van der Waals surface area contributed by atoms with Crippen molar-refractivity contribution in [2.24, 2.45) is 0 Å². The van der Waals surface area contributed by atoms with Gasteiger partial charge in [-0.05, 0) is 12.8 Å². The summed E-state index contributed by atoms with van der Waals surface area (Å²) in [5, 5.41) is 76.7. The SMILES string of the molecule is CCCCCCCCCCCCCCCCCCCCCCCCCCCCCCCCC(O)C(O)C(COC1OC(CO)C(O)C(O)C1O)NC(=O)C(O)CCCCCCCCCCCCCCCCCCCCCCCCCCCCCCC. The van der Waals surface area contributed by atoms with E-state index < -0.39 is 74.2 Å². The fourth-order valence-electron chi connectivity index (χ4n) is 13.0. The second-order valence-electron chi connectivity index (χ2n) is 27.4. The summed E-state index contributed by atoms with van der Waals surface area (Å²) in [6.07, 6.45) is 67.8. The number of carbonyl (C=O) groups excluding carboxylic acids is 1. The number of rotatable bonds is 69.